The van der Waals surface area contributed by atoms with Crippen LogP contribution in [0.4, 0.5) is 0 Å². The van der Waals surface area contributed by atoms with Crippen LogP contribution in [-0.2, 0) is 4.74 Å². The predicted molar refractivity (Wildman–Crippen MR) is 55.4 cm³/mol. The molecule has 0 bridgehead atoms. The van der Waals surface area contributed by atoms with Crippen LogP contribution in [0.15, 0.2) is 12.3 Å². The van der Waals surface area contributed by atoms with Crippen LogP contribution < -0.4 is 0 Å². The van der Waals surface area contributed by atoms with Gasteiger partial charge < -0.3 is 4.74 Å². The second-order valence-electron chi connectivity index (χ2n) is 3.75. The van der Waals surface area contributed by atoms with Crippen molar-refractivity contribution in [3.05, 3.63) is 12.3 Å². The molecule has 1 fully saturated rings. The lowest BCUT2D eigenvalue weighted by molar-refractivity contribution is 0.130. The number of hydrogen-bond donors (Lipinski definition) is 0. The van der Waals surface area contributed by atoms with Crippen LogP contribution in [0.2, 0.25) is 0 Å². The van der Waals surface area contributed by atoms with Crippen molar-refractivity contribution in [2.45, 2.75) is 26.7 Å². The maximum Gasteiger partial charge on any atom is 0.0934 e. The van der Waals surface area contributed by atoms with E-state index in [0.29, 0.717) is 5.41 Å². The molecule has 1 saturated heterocycles. The molecule has 0 amide bonds. The van der Waals surface area contributed by atoms with Gasteiger partial charge in [-0.25, -0.2) is 0 Å². The van der Waals surface area contributed by atoms with Crippen molar-refractivity contribution in [2.75, 3.05) is 18.1 Å². The first kappa shape index (κ1) is 9.97. The number of rotatable bonds is 3. The summed E-state index contributed by atoms with van der Waals surface area (Å²) in [5.41, 5.74) is 0.419. The molecule has 70 valence electrons. The van der Waals surface area contributed by atoms with Gasteiger partial charge in [-0.1, -0.05) is 13.0 Å². The minimum absolute atomic E-state index is 0.419. The van der Waals surface area contributed by atoms with E-state index in [1.165, 1.54) is 24.3 Å². The van der Waals surface area contributed by atoms with Gasteiger partial charge in [-0.3, -0.25) is 0 Å². The summed E-state index contributed by atoms with van der Waals surface area (Å²) in [4.78, 5) is 0. The monoisotopic (exact) mass is 186 g/mol. The van der Waals surface area contributed by atoms with Crippen molar-refractivity contribution in [1.29, 1.82) is 0 Å². The fourth-order valence-corrected chi connectivity index (χ4v) is 2.66. The van der Waals surface area contributed by atoms with Gasteiger partial charge in [-0.15, -0.1) is 0 Å². The van der Waals surface area contributed by atoms with Crippen molar-refractivity contribution < 1.29 is 4.74 Å². The molecule has 0 spiro atoms. The SMILES string of the molecule is C/C=C/OCC1(C)CCCSC1. The molecule has 0 saturated carbocycles. The number of hydrogen-bond acceptors (Lipinski definition) is 2. The Kier molecular flexibility index (Phi) is 3.99. The number of thioether (sulfide) groups is 1. The first-order valence-electron chi connectivity index (χ1n) is 4.57. The van der Waals surface area contributed by atoms with E-state index >= 15 is 0 Å². The van der Waals surface area contributed by atoms with E-state index in [1.807, 2.05) is 13.0 Å². The molecule has 0 aromatic heterocycles. The predicted octanol–water partition coefficient (Wildman–Crippen LogP) is 3.07. The highest BCUT2D eigenvalue weighted by atomic mass is 32.2. The normalized spacial score (nSPS) is 30.8. The topological polar surface area (TPSA) is 9.23 Å². The lowest BCUT2D eigenvalue weighted by Crippen LogP contribution is -2.28. The summed E-state index contributed by atoms with van der Waals surface area (Å²) in [5, 5.41) is 0. The van der Waals surface area contributed by atoms with Gasteiger partial charge in [-0.05, 0) is 25.5 Å². The smallest absolute Gasteiger partial charge is 0.0934 e. The molecule has 0 radical (unpaired) electrons. The Morgan fingerprint density at radius 2 is 2.42 bits per heavy atom. The molecule has 1 rings (SSSR count). The van der Waals surface area contributed by atoms with Crippen LogP contribution in [0, 0.1) is 5.41 Å². The zero-order valence-electron chi connectivity index (χ0n) is 8.01. The Hall–Kier alpha value is -0.110. The maximum atomic E-state index is 5.43. The zero-order valence-corrected chi connectivity index (χ0v) is 8.82. The second-order valence-corrected chi connectivity index (χ2v) is 4.85. The van der Waals surface area contributed by atoms with Gasteiger partial charge in [0.1, 0.15) is 0 Å². The summed E-state index contributed by atoms with van der Waals surface area (Å²) in [6.45, 7) is 5.19. The van der Waals surface area contributed by atoms with Gasteiger partial charge in [-0.2, -0.15) is 11.8 Å². The van der Waals surface area contributed by atoms with Crippen molar-refractivity contribution >= 4 is 11.8 Å². The van der Waals surface area contributed by atoms with Gasteiger partial charge >= 0.3 is 0 Å². The lowest BCUT2D eigenvalue weighted by atomic mass is 9.88. The van der Waals surface area contributed by atoms with Crippen LogP contribution in [-0.4, -0.2) is 18.1 Å². The van der Waals surface area contributed by atoms with Crippen LogP contribution in [0.1, 0.15) is 26.7 Å². The molecule has 12 heavy (non-hydrogen) atoms. The highest BCUT2D eigenvalue weighted by Crippen LogP contribution is 2.34. The van der Waals surface area contributed by atoms with E-state index in [1.54, 1.807) is 6.26 Å². The van der Waals surface area contributed by atoms with Crippen molar-refractivity contribution in [1.82, 2.24) is 0 Å². The van der Waals surface area contributed by atoms with E-state index < -0.39 is 0 Å². The second kappa shape index (κ2) is 4.80. The van der Waals surface area contributed by atoms with Gasteiger partial charge in [0, 0.05) is 11.2 Å². The molecule has 0 aromatic rings. The summed E-state index contributed by atoms with van der Waals surface area (Å²) in [6.07, 6.45) is 6.40. The molecule has 1 aliphatic heterocycles. The quantitative estimate of drug-likeness (QED) is 0.626. The third-order valence-electron chi connectivity index (χ3n) is 2.18. The Morgan fingerprint density at radius 1 is 1.58 bits per heavy atom. The van der Waals surface area contributed by atoms with Crippen molar-refractivity contribution in [3.8, 4) is 0 Å². The standard InChI is InChI=1S/C10H18OS/c1-3-6-11-8-10(2)5-4-7-12-9-10/h3,6H,4-5,7-9H2,1-2H3/b6-3+. The molecule has 0 aliphatic carbocycles. The number of allylic oxidation sites excluding steroid dienone is 1. The summed E-state index contributed by atoms with van der Waals surface area (Å²) in [6, 6.07) is 0. The van der Waals surface area contributed by atoms with E-state index in [4.69, 9.17) is 4.74 Å². The van der Waals surface area contributed by atoms with E-state index in [2.05, 4.69) is 18.7 Å². The van der Waals surface area contributed by atoms with Crippen LogP contribution in [0.25, 0.3) is 0 Å². The number of ether oxygens (including phenoxy) is 1. The minimum atomic E-state index is 0.419. The minimum Gasteiger partial charge on any atom is -0.501 e. The van der Waals surface area contributed by atoms with E-state index in [9.17, 15) is 0 Å². The van der Waals surface area contributed by atoms with Crippen LogP contribution in [0.5, 0.6) is 0 Å². The Labute approximate surface area is 79.6 Å². The van der Waals surface area contributed by atoms with Gasteiger partial charge in [0.15, 0.2) is 0 Å². The molecule has 0 N–H and O–H groups in total. The van der Waals surface area contributed by atoms with Crippen molar-refractivity contribution in [3.63, 3.8) is 0 Å². The van der Waals surface area contributed by atoms with Crippen molar-refractivity contribution in [2.24, 2.45) is 5.41 Å². The summed E-state index contributed by atoms with van der Waals surface area (Å²) in [7, 11) is 0. The molecule has 1 heterocycles. The fraction of sp³-hybridized carbons (Fsp3) is 0.800. The van der Waals surface area contributed by atoms with Crippen LogP contribution >= 0.6 is 11.8 Å². The summed E-state index contributed by atoms with van der Waals surface area (Å²) < 4.78 is 5.43. The Bertz CT molecular complexity index is 148. The highest BCUT2D eigenvalue weighted by molar-refractivity contribution is 7.99. The van der Waals surface area contributed by atoms with E-state index in [-0.39, 0.29) is 0 Å². The van der Waals surface area contributed by atoms with Gasteiger partial charge in [0.05, 0.1) is 12.9 Å². The molecule has 2 heteroatoms. The van der Waals surface area contributed by atoms with Gasteiger partial charge in [0.2, 0.25) is 0 Å². The molecule has 0 aromatic carbocycles. The molecule has 1 nitrogen and oxygen atoms in total. The lowest BCUT2D eigenvalue weighted by Gasteiger charge is -2.32. The zero-order chi connectivity index (χ0) is 8.86. The molecule has 1 unspecified atom stereocenters. The molecule has 1 aliphatic rings. The highest BCUT2D eigenvalue weighted by Gasteiger charge is 2.27. The Morgan fingerprint density at radius 3 is 3.00 bits per heavy atom. The first-order valence-corrected chi connectivity index (χ1v) is 5.73. The first-order chi connectivity index (χ1) is 5.77. The summed E-state index contributed by atoms with van der Waals surface area (Å²) in [5.74, 6) is 2.59. The average Bonchev–Trinajstić information content (AvgIpc) is 2.06. The molecule has 1 atom stereocenters. The largest absolute Gasteiger partial charge is 0.501 e. The fourth-order valence-electron chi connectivity index (χ4n) is 1.45. The van der Waals surface area contributed by atoms with E-state index in [0.717, 1.165) is 6.61 Å². The van der Waals surface area contributed by atoms with Crippen LogP contribution in [0.3, 0.4) is 0 Å². The third kappa shape index (κ3) is 3.10. The maximum absolute atomic E-state index is 5.43. The average molecular weight is 186 g/mol. The molecular weight excluding hydrogens is 168 g/mol. The third-order valence-corrected chi connectivity index (χ3v) is 3.66. The Balaban J connectivity index is 2.26. The summed E-state index contributed by atoms with van der Waals surface area (Å²) >= 11 is 2.06. The van der Waals surface area contributed by atoms with Gasteiger partial charge in [0.25, 0.3) is 0 Å². The molecular formula is C10H18OS.